The minimum Gasteiger partial charge on any atom is -0.374 e. The van der Waals surface area contributed by atoms with E-state index in [2.05, 4.69) is 57.3 Å². The maximum absolute atomic E-state index is 12.5. The first-order chi connectivity index (χ1) is 13.7. The number of carbonyl (C=O) groups is 1. The number of nitrogens with one attached hydrogen (secondary N) is 1. The quantitative estimate of drug-likeness (QED) is 0.404. The Morgan fingerprint density at radius 3 is 2.41 bits per heavy atom. The van der Waals surface area contributed by atoms with Crippen LogP contribution in [0.25, 0.3) is 10.5 Å². The fourth-order valence-electron chi connectivity index (χ4n) is 3.75. The summed E-state index contributed by atoms with van der Waals surface area (Å²) in [5, 5.41) is 3.64. The van der Waals surface area contributed by atoms with Gasteiger partial charge in [0.05, 0.1) is 14.7 Å². The Bertz CT molecular complexity index is 1110. The van der Waals surface area contributed by atoms with E-state index in [0.29, 0.717) is 0 Å². The number of aryl methyl sites for hydroxylation is 2. The number of thioether (sulfide) groups is 2. The number of Topliss-reactive ketones (excluding diaryl/α,β-unsaturated/α-hetero) is 1. The number of rotatable bonds is 2. The molecule has 148 valence electrons. The molecule has 4 rings (SSSR count). The molecule has 0 fully saturated rings. The molecule has 2 aromatic carbocycles. The van der Waals surface area contributed by atoms with Crippen LogP contribution in [0.4, 0.5) is 5.69 Å². The van der Waals surface area contributed by atoms with Crippen molar-refractivity contribution in [2.24, 2.45) is 0 Å². The third-order valence-corrected chi connectivity index (χ3v) is 8.60. The molecule has 2 heterocycles. The summed E-state index contributed by atoms with van der Waals surface area (Å²) in [5.74, 6) is 0.0942. The van der Waals surface area contributed by atoms with Gasteiger partial charge < -0.3 is 5.32 Å². The SMILES string of the molecule is CC(=O)C1=C(c2ccccc2)SC(=C2C(=S)C(C)(C)Nc3c(C)cc(C)cc32)S1. The second-order valence-electron chi connectivity index (χ2n) is 8.03. The van der Waals surface area contributed by atoms with Crippen LogP contribution in [0.15, 0.2) is 51.6 Å². The number of hydrogen-bond acceptors (Lipinski definition) is 5. The van der Waals surface area contributed by atoms with Gasteiger partial charge in [0.1, 0.15) is 0 Å². The summed E-state index contributed by atoms with van der Waals surface area (Å²) >= 11 is 9.21. The number of benzene rings is 2. The first-order valence-corrected chi connectivity index (χ1v) is 11.6. The molecule has 0 spiro atoms. The predicted molar refractivity (Wildman–Crippen MR) is 132 cm³/mol. The van der Waals surface area contributed by atoms with E-state index in [4.69, 9.17) is 12.2 Å². The highest BCUT2D eigenvalue weighted by atomic mass is 32.2. The highest BCUT2D eigenvalue weighted by Gasteiger charge is 2.38. The number of thiocarbonyl (C=S) groups is 1. The summed E-state index contributed by atoms with van der Waals surface area (Å²) in [6.07, 6.45) is 0. The van der Waals surface area contributed by atoms with Crippen LogP contribution in [0.5, 0.6) is 0 Å². The smallest absolute Gasteiger partial charge is 0.167 e. The molecule has 5 heteroatoms. The van der Waals surface area contributed by atoms with Gasteiger partial charge in [0.15, 0.2) is 5.78 Å². The van der Waals surface area contributed by atoms with Crippen molar-refractivity contribution in [2.45, 2.75) is 40.2 Å². The molecule has 1 N–H and O–H groups in total. The van der Waals surface area contributed by atoms with Gasteiger partial charge in [-0.2, -0.15) is 0 Å². The highest BCUT2D eigenvalue weighted by molar-refractivity contribution is 8.32. The first kappa shape index (κ1) is 20.5. The fraction of sp³-hybridized carbons (Fsp3) is 0.250. The normalized spacial score (nSPS) is 20.5. The lowest BCUT2D eigenvalue weighted by atomic mass is 9.84. The van der Waals surface area contributed by atoms with Crippen LogP contribution in [0.3, 0.4) is 0 Å². The molecule has 29 heavy (non-hydrogen) atoms. The lowest BCUT2D eigenvalue weighted by Gasteiger charge is -2.38. The van der Waals surface area contributed by atoms with Crippen molar-refractivity contribution in [2.75, 3.05) is 5.32 Å². The zero-order valence-electron chi connectivity index (χ0n) is 17.2. The number of allylic oxidation sites excluding steroid dienone is 1. The van der Waals surface area contributed by atoms with Crippen molar-refractivity contribution < 1.29 is 4.79 Å². The Balaban J connectivity index is 1.92. The van der Waals surface area contributed by atoms with Gasteiger partial charge in [-0.3, -0.25) is 4.79 Å². The van der Waals surface area contributed by atoms with E-state index < -0.39 is 0 Å². The van der Waals surface area contributed by atoms with Crippen LogP contribution in [0.1, 0.15) is 43.0 Å². The highest BCUT2D eigenvalue weighted by Crippen LogP contribution is 2.58. The van der Waals surface area contributed by atoms with Crippen LogP contribution in [-0.4, -0.2) is 16.2 Å². The summed E-state index contributed by atoms with van der Waals surface area (Å²) in [5.41, 5.74) is 6.52. The number of fused-ring (bicyclic) bond motifs is 1. The second kappa shape index (κ2) is 7.46. The van der Waals surface area contributed by atoms with Gasteiger partial charge in [-0.15, -0.1) is 0 Å². The van der Waals surface area contributed by atoms with Crippen molar-refractivity contribution in [1.82, 2.24) is 0 Å². The summed E-state index contributed by atoms with van der Waals surface area (Å²) in [6, 6.07) is 14.5. The minimum absolute atomic E-state index is 0.0942. The van der Waals surface area contributed by atoms with E-state index in [0.717, 1.165) is 41.3 Å². The molecule has 0 aromatic heterocycles. The van der Waals surface area contributed by atoms with Crippen LogP contribution in [0.2, 0.25) is 0 Å². The van der Waals surface area contributed by atoms with E-state index in [1.165, 1.54) is 11.1 Å². The summed E-state index contributed by atoms with van der Waals surface area (Å²) in [7, 11) is 0. The summed E-state index contributed by atoms with van der Waals surface area (Å²) in [4.78, 5) is 15.2. The molecule has 0 saturated heterocycles. The zero-order chi connectivity index (χ0) is 20.9. The summed E-state index contributed by atoms with van der Waals surface area (Å²) < 4.78 is 1.10. The molecule has 0 aliphatic carbocycles. The molecular weight excluding hydrogens is 414 g/mol. The van der Waals surface area contributed by atoms with Gasteiger partial charge in [0.2, 0.25) is 0 Å². The fourth-order valence-corrected chi connectivity index (χ4v) is 6.90. The standard InChI is InChI=1S/C24H23NOS3/c1-13-11-14(2)19-17(12-13)18(22(27)24(4,5)25-19)23-28-20(15(3)26)21(29-23)16-9-7-6-8-10-16/h6-12,25H,1-5H3. The van der Waals surface area contributed by atoms with E-state index in [-0.39, 0.29) is 11.3 Å². The Morgan fingerprint density at radius 1 is 1.07 bits per heavy atom. The number of carbonyl (C=O) groups excluding carboxylic acids is 1. The Hall–Kier alpha value is -1.82. The van der Waals surface area contributed by atoms with Crippen molar-refractivity contribution in [3.8, 4) is 0 Å². The maximum atomic E-state index is 12.5. The third kappa shape index (κ3) is 3.60. The van der Waals surface area contributed by atoms with Gasteiger partial charge in [-0.1, -0.05) is 77.7 Å². The third-order valence-electron chi connectivity index (χ3n) is 5.14. The van der Waals surface area contributed by atoms with Crippen molar-refractivity contribution in [3.63, 3.8) is 0 Å². The molecule has 2 nitrogen and oxygen atoms in total. The van der Waals surface area contributed by atoms with Gasteiger partial charge in [0.25, 0.3) is 0 Å². The van der Waals surface area contributed by atoms with Crippen molar-refractivity contribution in [3.05, 3.63) is 73.9 Å². The average molecular weight is 438 g/mol. The monoisotopic (exact) mass is 437 g/mol. The van der Waals surface area contributed by atoms with E-state index in [9.17, 15) is 4.79 Å². The van der Waals surface area contributed by atoms with Crippen LogP contribution in [-0.2, 0) is 4.79 Å². The van der Waals surface area contributed by atoms with Crippen molar-refractivity contribution >= 4 is 62.6 Å². The van der Waals surface area contributed by atoms with E-state index in [1.807, 2.05) is 18.2 Å². The molecule has 0 atom stereocenters. The zero-order valence-corrected chi connectivity index (χ0v) is 19.6. The largest absolute Gasteiger partial charge is 0.374 e. The molecule has 0 bridgehead atoms. The van der Waals surface area contributed by atoms with Crippen LogP contribution >= 0.6 is 35.7 Å². The molecule has 2 aliphatic rings. The molecule has 0 unspecified atom stereocenters. The van der Waals surface area contributed by atoms with Crippen LogP contribution in [0, 0.1) is 13.8 Å². The predicted octanol–water partition coefficient (Wildman–Crippen LogP) is 6.98. The molecule has 0 saturated carbocycles. The second-order valence-corrected chi connectivity index (χ2v) is 10.7. The van der Waals surface area contributed by atoms with Crippen LogP contribution < -0.4 is 5.32 Å². The van der Waals surface area contributed by atoms with E-state index >= 15 is 0 Å². The van der Waals surface area contributed by atoms with Gasteiger partial charge in [-0.05, 0) is 51.8 Å². The van der Waals surface area contributed by atoms with Gasteiger partial charge >= 0.3 is 0 Å². The first-order valence-electron chi connectivity index (χ1n) is 9.54. The van der Waals surface area contributed by atoms with Gasteiger partial charge in [-0.25, -0.2) is 0 Å². The van der Waals surface area contributed by atoms with E-state index in [1.54, 1.807) is 30.4 Å². The number of anilines is 1. The lowest BCUT2D eigenvalue weighted by molar-refractivity contribution is -0.112. The minimum atomic E-state index is -0.336. The summed E-state index contributed by atoms with van der Waals surface area (Å²) in [6.45, 7) is 10.1. The average Bonchev–Trinajstić information content (AvgIpc) is 3.10. The lowest BCUT2D eigenvalue weighted by Crippen LogP contribution is -2.43. The molecule has 0 amide bonds. The topological polar surface area (TPSA) is 29.1 Å². The Kier molecular flexibility index (Phi) is 5.26. The Morgan fingerprint density at radius 2 is 1.76 bits per heavy atom. The Labute approximate surface area is 186 Å². The number of ketones is 1. The van der Waals surface area contributed by atoms with Crippen molar-refractivity contribution in [1.29, 1.82) is 0 Å². The molecule has 2 aromatic rings. The molecule has 0 radical (unpaired) electrons. The molecular formula is C24H23NOS3. The molecule has 2 aliphatic heterocycles. The number of hydrogen-bond donors (Lipinski definition) is 1. The van der Waals surface area contributed by atoms with Gasteiger partial charge in [0, 0.05) is 26.6 Å². The maximum Gasteiger partial charge on any atom is 0.167 e.